The second kappa shape index (κ2) is 7.46. The molecule has 116 valence electrons. The first kappa shape index (κ1) is 15.8. The van der Waals surface area contributed by atoms with Crippen molar-refractivity contribution in [3.8, 4) is 0 Å². The monoisotopic (exact) mass is 288 g/mol. The first-order valence-corrected chi connectivity index (χ1v) is 8.07. The van der Waals surface area contributed by atoms with Crippen LogP contribution in [0.4, 0.5) is 0 Å². The number of nitrogens with two attached hydrogens (primary N) is 1. The molecule has 2 N–H and O–H groups in total. The Morgan fingerprint density at radius 1 is 1.24 bits per heavy atom. The Labute approximate surface area is 128 Å². The van der Waals surface area contributed by atoms with E-state index < -0.39 is 0 Å². The molecule has 0 fully saturated rings. The van der Waals surface area contributed by atoms with Crippen LogP contribution in [0.15, 0.2) is 29.3 Å². The molecule has 0 aromatic heterocycles. The molecule has 0 saturated carbocycles. The van der Waals surface area contributed by atoms with Crippen LogP contribution in [0.25, 0.3) is 0 Å². The molecule has 0 saturated heterocycles. The fraction of sp³-hybridized carbons (Fsp3) is 0.588. The summed E-state index contributed by atoms with van der Waals surface area (Å²) in [7, 11) is 0. The third-order valence-electron chi connectivity index (χ3n) is 4.44. The van der Waals surface area contributed by atoms with Gasteiger partial charge in [0.25, 0.3) is 0 Å². The highest BCUT2D eigenvalue weighted by molar-refractivity contribution is 5.80. The molecule has 1 aromatic carbocycles. The van der Waals surface area contributed by atoms with Gasteiger partial charge >= 0.3 is 0 Å². The fourth-order valence-electron chi connectivity index (χ4n) is 3.04. The average molecular weight is 288 g/mol. The molecule has 0 spiro atoms. The molecule has 1 aliphatic rings. The summed E-state index contributed by atoms with van der Waals surface area (Å²) in [6.45, 7) is 11.5. The zero-order valence-electron chi connectivity index (χ0n) is 13.5. The Balaban J connectivity index is 2.12. The van der Waals surface area contributed by atoms with E-state index in [0.29, 0.717) is 12.0 Å². The Hall–Kier alpha value is -1.55. The topological polar surface area (TPSA) is 44.9 Å². The number of benzene rings is 1. The van der Waals surface area contributed by atoms with Crippen LogP contribution < -0.4 is 5.73 Å². The molecule has 0 bridgehead atoms. The quantitative estimate of drug-likeness (QED) is 0.837. The van der Waals surface area contributed by atoms with E-state index in [1.165, 1.54) is 11.1 Å². The predicted octanol–water partition coefficient (Wildman–Crippen LogP) is 2.26. The summed E-state index contributed by atoms with van der Waals surface area (Å²) >= 11 is 0. The molecule has 1 unspecified atom stereocenters. The van der Waals surface area contributed by atoms with Crippen molar-refractivity contribution < 1.29 is 0 Å². The number of hydrogen-bond acceptors (Lipinski definition) is 4. The zero-order valence-corrected chi connectivity index (χ0v) is 13.5. The standard InChI is InChI=1S/C17H28N4/c1-4-14-9-7-8-10-15(14)16-13-19-17(18)21(16)12-11-20(5-2)6-3/h7-10,16H,4-6,11-13H2,1-3H3,(H2,18,19). The number of guanidine groups is 1. The van der Waals surface area contributed by atoms with E-state index in [-0.39, 0.29) is 0 Å². The van der Waals surface area contributed by atoms with Gasteiger partial charge in [0.2, 0.25) is 0 Å². The molecular formula is C17H28N4. The first-order valence-electron chi connectivity index (χ1n) is 8.07. The smallest absolute Gasteiger partial charge is 0.191 e. The van der Waals surface area contributed by atoms with Crippen LogP contribution >= 0.6 is 0 Å². The Morgan fingerprint density at radius 2 is 1.95 bits per heavy atom. The number of aliphatic imine (C=N–C) groups is 1. The van der Waals surface area contributed by atoms with Crippen molar-refractivity contribution in [1.82, 2.24) is 9.80 Å². The number of rotatable bonds is 7. The fourth-order valence-corrected chi connectivity index (χ4v) is 3.04. The van der Waals surface area contributed by atoms with Gasteiger partial charge < -0.3 is 15.5 Å². The van der Waals surface area contributed by atoms with Gasteiger partial charge in [-0.05, 0) is 30.6 Å². The zero-order chi connectivity index (χ0) is 15.2. The summed E-state index contributed by atoms with van der Waals surface area (Å²) in [6, 6.07) is 8.97. The Kier molecular flexibility index (Phi) is 5.62. The van der Waals surface area contributed by atoms with Gasteiger partial charge in [-0.15, -0.1) is 0 Å². The molecule has 4 heteroatoms. The van der Waals surface area contributed by atoms with E-state index in [0.717, 1.165) is 39.1 Å². The van der Waals surface area contributed by atoms with Gasteiger partial charge in [0.15, 0.2) is 5.96 Å². The molecular weight excluding hydrogens is 260 g/mol. The largest absolute Gasteiger partial charge is 0.370 e. The summed E-state index contributed by atoms with van der Waals surface area (Å²) < 4.78 is 0. The van der Waals surface area contributed by atoms with E-state index in [9.17, 15) is 0 Å². The molecule has 1 heterocycles. The summed E-state index contributed by atoms with van der Waals surface area (Å²) in [5, 5.41) is 0. The second-order valence-electron chi connectivity index (χ2n) is 5.49. The van der Waals surface area contributed by atoms with Gasteiger partial charge in [-0.3, -0.25) is 4.99 Å². The maximum Gasteiger partial charge on any atom is 0.191 e. The van der Waals surface area contributed by atoms with E-state index in [1.54, 1.807) is 0 Å². The van der Waals surface area contributed by atoms with Crippen LogP contribution in [-0.2, 0) is 6.42 Å². The highest BCUT2D eigenvalue weighted by atomic mass is 15.3. The van der Waals surface area contributed by atoms with E-state index in [1.807, 2.05) is 0 Å². The van der Waals surface area contributed by atoms with Crippen molar-refractivity contribution >= 4 is 5.96 Å². The Morgan fingerprint density at radius 3 is 2.62 bits per heavy atom. The van der Waals surface area contributed by atoms with E-state index in [2.05, 4.69) is 59.8 Å². The highest BCUT2D eigenvalue weighted by Gasteiger charge is 2.28. The molecule has 0 amide bonds. The van der Waals surface area contributed by atoms with E-state index >= 15 is 0 Å². The second-order valence-corrected chi connectivity index (χ2v) is 5.49. The third kappa shape index (κ3) is 3.56. The maximum atomic E-state index is 6.12. The summed E-state index contributed by atoms with van der Waals surface area (Å²) in [5.74, 6) is 0.693. The van der Waals surface area contributed by atoms with Gasteiger partial charge in [-0.1, -0.05) is 45.0 Å². The summed E-state index contributed by atoms with van der Waals surface area (Å²) in [6.07, 6.45) is 1.05. The third-order valence-corrected chi connectivity index (χ3v) is 4.44. The van der Waals surface area contributed by atoms with Crippen molar-refractivity contribution in [3.63, 3.8) is 0 Å². The van der Waals surface area contributed by atoms with Crippen molar-refractivity contribution in [2.24, 2.45) is 10.7 Å². The molecule has 0 aliphatic carbocycles. The lowest BCUT2D eigenvalue weighted by molar-refractivity contribution is 0.248. The minimum atomic E-state index is 0.303. The lowest BCUT2D eigenvalue weighted by Crippen LogP contribution is -2.41. The van der Waals surface area contributed by atoms with Crippen molar-refractivity contribution in [2.75, 3.05) is 32.7 Å². The van der Waals surface area contributed by atoms with Crippen LogP contribution in [0.1, 0.15) is 37.9 Å². The van der Waals surface area contributed by atoms with Crippen LogP contribution in [0.3, 0.4) is 0 Å². The highest BCUT2D eigenvalue weighted by Crippen LogP contribution is 2.28. The maximum absolute atomic E-state index is 6.12. The lowest BCUT2D eigenvalue weighted by atomic mass is 9.98. The predicted molar refractivity (Wildman–Crippen MR) is 89.5 cm³/mol. The molecule has 2 rings (SSSR count). The van der Waals surface area contributed by atoms with Crippen molar-refractivity contribution in [1.29, 1.82) is 0 Å². The van der Waals surface area contributed by atoms with Crippen molar-refractivity contribution in [2.45, 2.75) is 33.2 Å². The Bertz CT molecular complexity index is 479. The molecule has 1 aliphatic heterocycles. The minimum absolute atomic E-state index is 0.303. The van der Waals surface area contributed by atoms with Crippen LogP contribution in [0, 0.1) is 0 Å². The van der Waals surface area contributed by atoms with Gasteiger partial charge in [0.1, 0.15) is 0 Å². The average Bonchev–Trinajstić information content (AvgIpc) is 2.89. The van der Waals surface area contributed by atoms with Gasteiger partial charge in [0, 0.05) is 13.1 Å². The summed E-state index contributed by atoms with van der Waals surface area (Å²) in [4.78, 5) is 9.18. The van der Waals surface area contributed by atoms with Gasteiger partial charge in [0.05, 0.1) is 12.6 Å². The minimum Gasteiger partial charge on any atom is -0.370 e. The SMILES string of the molecule is CCc1ccccc1C1CN=C(N)N1CCN(CC)CC. The molecule has 1 aromatic rings. The number of likely N-dealkylation sites (N-methyl/N-ethyl adjacent to an activating group) is 1. The molecule has 21 heavy (non-hydrogen) atoms. The number of aryl methyl sites for hydroxylation is 1. The normalized spacial score (nSPS) is 18.4. The lowest BCUT2D eigenvalue weighted by Gasteiger charge is -2.30. The van der Waals surface area contributed by atoms with Crippen LogP contribution in [0.5, 0.6) is 0 Å². The molecule has 4 nitrogen and oxygen atoms in total. The van der Waals surface area contributed by atoms with Crippen molar-refractivity contribution in [3.05, 3.63) is 35.4 Å². The molecule has 0 radical (unpaired) electrons. The van der Waals surface area contributed by atoms with Crippen LogP contribution in [0.2, 0.25) is 0 Å². The van der Waals surface area contributed by atoms with Gasteiger partial charge in [-0.25, -0.2) is 0 Å². The van der Waals surface area contributed by atoms with Crippen LogP contribution in [-0.4, -0.2) is 48.5 Å². The number of nitrogens with zero attached hydrogens (tertiary/aromatic N) is 3. The summed E-state index contributed by atoms with van der Waals surface area (Å²) in [5.41, 5.74) is 8.91. The number of hydrogen-bond donors (Lipinski definition) is 1. The molecule has 1 atom stereocenters. The van der Waals surface area contributed by atoms with E-state index in [4.69, 9.17) is 5.73 Å². The first-order chi connectivity index (χ1) is 10.2. The van der Waals surface area contributed by atoms with Gasteiger partial charge in [-0.2, -0.15) is 0 Å².